The summed E-state index contributed by atoms with van der Waals surface area (Å²) in [5.74, 6) is 0.962. The van der Waals surface area contributed by atoms with Gasteiger partial charge in [-0.3, -0.25) is 4.79 Å². The van der Waals surface area contributed by atoms with Crippen LogP contribution in [0.25, 0.3) is 0 Å². The fourth-order valence-corrected chi connectivity index (χ4v) is 3.80. The van der Waals surface area contributed by atoms with E-state index in [9.17, 15) is 4.79 Å². The average Bonchev–Trinajstić information content (AvgIpc) is 2.49. The van der Waals surface area contributed by atoms with Crippen LogP contribution in [0.3, 0.4) is 0 Å². The summed E-state index contributed by atoms with van der Waals surface area (Å²) >= 11 is 7.88. The normalized spacial score (nSPS) is 25.9. The number of hydrogen-bond donors (Lipinski definition) is 2. The molecule has 2 unspecified atom stereocenters. The second kappa shape index (κ2) is 6.35. The lowest BCUT2D eigenvalue weighted by Gasteiger charge is -2.29. The van der Waals surface area contributed by atoms with E-state index in [1.54, 1.807) is 0 Å². The van der Waals surface area contributed by atoms with Crippen LogP contribution >= 0.6 is 23.4 Å². The van der Waals surface area contributed by atoms with Gasteiger partial charge in [0.15, 0.2) is 0 Å². The van der Waals surface area contributed by atoms with Crippen LogP contribution in [0, 0.1) is 0 Å². The lowest BCUT2D eigenvalue weighted by atomic mass is 10.0. The molecule has 0 bridgehead atoms. The van der Waals surface area contributed by atoms with Crippen molar-refractivity contribution in [1.82, 2.24) is 10.6 Å². The van der Waals surface area contributed by atoms with Crippen molar-refractivity contribution in [3.63, 3.8) is 0 Å². The number of morpholine rings is 1. The summed E-state index contributed by atoms with van der Waals surface area (Å²) in [5.41, 5.74) is 1.12. The van der Waals surface area contributed by atoms with Gasteiger partial charge in [-0.25, -0.2) is 0 Å². The van der Waals surface area contributed by atoms with Gasteiger partial charge in [0.05, 0.1) is 12.6 Å². The zero-order chi connectivity index (χ0) is 13.9. The van der Waals surface area contributed by atoms with E-state index in [4.69, 9.17) is 16.3 Å². The summed E-state index contributed by atoms with van der Waals surface area (Å²) in [4.78, 5) is 13.4. The molecule has 0 saturated carbocycles. The Bertz CT molecular complexity index is 506. The van der Waals surface area contributed by atoms with Crippen LogP contribution in [0.1, 0.15) is 18.0 Å². The molecule has 0 aromatic heterocycles. The highest BCUT2D eigenvalue weighted by Crippen LogP contribution is 2.37. The Labute approximate surface area is 127 Å². The summed E-state index contributed by atoms with van der Waals surface area (Å²) in [6, 6.07) is 5.90. The highest BCUT2D eigenvalue weighted by molar-refractivity contribution is 7.99. The smallest absolute Gasteiger partial charge is 0.250 e. The molecule has 2 aliphatic rings. The van der Waals surface area contributed by atoms with Crippen molar-refractivity contribution < 1.29 is 9.53 Å². The van der Waals surface area contributed by atoms with Gasteiger partial charge in [0.1, 0.15) is 6.10 Å². The molecule has 4 nitrogen and oxygen atoms in total. The van der Waals surface area contributed by atoms with Gasteiger partial charge < -0.3 is 15.4 Å². The highest BCUT2D eigenvalue weighted by Gasteiger charge is 2.27. The minimum atomic E-state index is -0.388. The maximum atomic E-state index is 12.2. The summed E-state index contributed by atoms with van der Waals surface area (Å²) in [6.07, 6.45) is 0.533. The van der Waals surface area contributed by atoms with Crippen LogP contribution < -0.4 is 10.6 Å². The van der Waals surface area contributed by atoms with Gasteiger partial charge in [-0.15, -0.1) is 11.8 Å². The third kappa shape index (κ3) is 3.11. The molecule has 108 valence electrons. The van der Waals surface area contributed by atoms with Crippen molar-refractivity contribution >= 4 is 29.3 Å². The summed E-state index contributed by atoms with van der Waals surface area (Å²) in [5, 5.41) is 6.98. The number of ether oxygens (including phenoxy) is 1. The highest BCUT2D eigenvalue weighted by atomic mass is 35.5. The van der Waals surface area contributed by atoms with Gasteiger partial charge in [-0.2, -0.15) is 0 Å². The fraction of sp³-hybridized carbons (Fsp3) is 0.500. The van der Waals surface area contributed by atoms with E-state index in [2.05, 4.69) is 10.6 Å². The van der Waals surface area contributed by atoms with Crippen molar-refractivity contribution in [3.8, 4) is 0 Å². The van der Waals surface area contributed by atoms with Gasteiger partial charge >= 0.3 is 0 Å². The monoisotopic (exact) mass is 312 g/mol. The molecule has 2 aliphatic heterocycles. The number of fused-ring (bicyclic) bond motifs is 1. The molecule has 3 rings (SSSR count). The van der Waals surface area contributed by atoms with E-state index in [1.807, 2.05) is 30.0 Å². The topological polar surface area (TPSA) is 50.4 Å². The lowest BCUT2D eigenvalue weighted by Crippen LogP contribution is -2.48. The Morgan fingerprint density at radius 1 is 1.50 bits per heavy atom. The van der Waals surface area contributed by atoms with Crippen molar-refractivity contribution in [2.24, 2.45) is 0 Å². The standard InChI is InChI=1S/C14H17ClN2O2S/c15-9-1-2-13-10(7-9)11(3-6-20-13)17-14(18)12-8-16-4-5-19-12/h1-2,7,11-12,16H,3-6,8H2,(H,17,18). The number of nitrogens with one attached hydrogen (secondary N) is 2. The van der Waals surface area contributed by atoms with Crippen LogP contribution in [-0.2, 0) is 9.53 Å². The van der Waals surface area contributed by atoms with Crippen molar-refractivity contribution in [1.29, 1.82) is 0 Å². The average molecular weight is 313 g/mol. The number of halogens is 1. The number of rotatable bonds is 2. The zero-order valence-electron chi connectivity index (χ0n) is 11.0. The Balaban J connectivity index is 1.72. The first kappa shape index (κ1) is 14.2. The first-order valence-electron chi connectivity index (χ1n) is 6.79. The Hall–Kier alpha value is -0.750. The predicted molar refractivity (Wildman–Crippen MR) is 80.3 cm³/mol. The number of benzene rings is 1. The second-order valence-electron chi connectivity index (χ2n) is 4.94. The zero-order valence-corrected chi connectivity index (χ0v) is 12.6. The summed E-state index contributed by atoms with van der Waals surface area (Å²) in [7, 11) is 0. The Kier molecular flexibility index (Phi) is 4.51. The first-order valence-corrected chi connectivity index (χ1v) is 8.15. The predicted octanol–water partition coefficient (Wildman–Crippen LogP) is 1.98. The van der Waals surface area contributed by atoms with E-state index in [0.29, 0.717) is 18.2 Å². The van der Waals surface area contributed by atoms with Gasteiger partial charge in [-0.05, 0) is 30.2 Å². The maximum absolute atomic E-state index is 12.2. The molecular formula is C14H17ClN2O2S. The molecule has 20 heavy (non-hydrogen) atoms. The molecule has 0 spiro atoms. The summed E-state index contributed by atoms with van der Waals surface area (Å²) < 4.78 is 5.49. The van der Waals surface area contributed by atoms with Crippen LogP contribution in [0.2, 0.25) is 5.02 Å². The largest absolute Gasteiger partial charge is 0.366 e. The number of carbonyl (C=O) groups excluding carboxylic acids is 1. The number of thioether (sulfide) groups is 1. The quantitative estimate of drug-likeness (QED) is 0.877. The number of amides is 1. The molecule has 0 aliphatic carbocycles. The van der Waals surface area contributed by atoms with E-state index in [-0.39, 0.29) is 18.1 Å². The minimum Gasteiger partial charge on any atom is -0.366 e. The second-order valence-corrected chi connectivity index (χ2v) is 6.52. The third-order valence-electron chi connectivity index (χ3n) is 3.55. The molecular weight excluding hydrogens is 296 g/mol. The van der Waals surface area contributed by atoms with Crippen LogP contribution in [0.4, 0.5) is 0 Å². The third-order valence-corrected chi connectivity index (χ3v) is 4.91. The van der Waals surface area contributed by atoms with Crippen LogP contribution in [-0.4, -0.2) is 37.5 Å². The molecule has 2 heterocycles. The van der Waals surface area contributed by atoms with E-state index >= 15 is 0 Å². The lowest BCUT2D eigenvalue weighted by molar-refractivity contribution is -0.135. The maximum Gasteiger partial charge on any atom is 0.250 e. The van der Waals surface area contributed by atoms with E-state index in [0.717, 1.165) is 24.3 Å². The van der Waals surface area contributed by atoms with Crippen LogP contribution in [0.15, 0.2) is 23.1 Å². The van der Waals surface area contributed by atoms with Gasteiger partial charge in [0.2, 0.25) is 0 Å². The molecule has 1 saturated heterocycles. The van der Waals surface area contributed by atoms with Crippen LogP contribution in [0.5, 0.6) is 0 Å². The first-order chi connectivity index (χ1) is 9.74. The molecule has 2 atom stereocenters. The number of hydrogen-bond acceptors (Lipinski definition) is 4. The number of carbonyl (C=O) groups is 1. The Morgan fingerprint density at radius 2 is 2.40 bits per heavy atom. The molecule has 1 fully saturated rings. The molecule has 1 aromatic rings. The fourth-order valence-electron chi connectivity index (χ4n) is 2.51. The SMILES string of the molecule is O=C(NC1CCSc2ccc(Cl)cc21)C1CNCCO1. The van der Waals surface area contributed by atoms with Crippen molar-refractivity contribution in [3.05, 3.63) is 28.8 Å². The van der Waals surface area contributed by atoms with Crippen molar-refractivity contribution in [2.45, 2.75) is 23.5 Å². The van der Waals surface area contributed by atoms with E-state index < -0.39 is 0 Å². The Morgan fingerprint density at radius 3 is 3.20 bits per heavy atom. The molecule has 1 amide bonds. The summed E-state index contributed by atoms with van der Waals surface area (Å²) in [6.45, 7) is 1.97. The van der Waals surface area contributed by atoms with Gasteiger partial charge in [0, 0.05) is 28.8 Å². The molecule has 1 aromatic carbocycles. The van der Waals surface area contributed by atoms with Crippen molar-refractivity contribution in [2.75, 3.05) is 25.4 Å². The van der Waals surface area contributed by atoms with Gasteiger partial charge in [0.25, 0.3) is 5.91 Å². The molecule has 2 N–H and O–H groups in total. The van der Waals surface area contributed by atoms with E-state index in [1.165, 1.54) is 4.90 Å². The molecule has 0 radical (unpaired) electrons. The molecule has 6 heteroatoms. The van der Waals surface area contributed by atoms with Gasteiger partial charge in [-0.1, -0.05) is 11.6 Å². The minimum absolute atomic E-state index is 0.0305.